The van der Waals surface area contributed by atoms with Crippen molar-refractivity contribution >= 4 is 17.2 Å². The van der Waals surface area contributed by atoms with Gasteiger partial charge in [-0.2, -0.15) is 0 Å². The zero-order chi connectivity index (χ0) is 10.4. The molecule has 78 valence electrons. The fourth-order valence-electron chi connectivity index (χ4n) is 1.02. The van der Waals surface area contributed by atoms with E-state index in [-0.39, 0.29) is 12.5 Å². The van der Waals surface area contributed by atoms with Gasteiger partial charge in [0.15, 0.2) is 0 Å². The highest BCUT2D eigenvalue weighted by Gasteiger charge is 2.04. The third-order valence-corrected chi connectivity index (χ3v) is 2.49. The van der Waals surface area contributed by atoms with Crippen molar-refractivity contribution < 1.29 is 9.90 Å². The Hall–Kier alpha value is -0.940. The first kappa shape index (κ1) is 11.1. The van der Waals surface area contributed by atoms with Crippen molar-refractivity contribution in [2.24, 2.45) is 0 Å². The monoisotopic (exact) mass is 214 g/mol. The largest absolute Gasteiger partial charge is 0.396 e. The maximum Gasteiger partial charge on any atom is 0.226 e. The van der Waals surface area contributed by atoms with Crippen LogP contribution in [0.5, 0.6) is 0 Å². The molecule has 4 nitrogen and oxygen atoms in total. The number of aliphatic hydroxyl groups is 1. The van der Waals surface area contributed by atoms with Crippen LogP contribution in [0.3, 0.4) is 0 Å². The van der Waals surface area contributed by atoms with E-state index in [1.54, 1.807) is 11.3 Å². The number of rotatable bonds is 5. The molecule has 0 unspecified atom stereocenters. The van der Waals surface area contributed by atoms with E-state index in [1.807, 2.05) is 12.3 Å². The average Bonchev–Trinajstić information content (AvgIpc) is 2.52. The van der Waals surface area contributed by atoms with Crippen LogP contribution in [0.15, 0.2) is 5.38 Å². The van der Waals surface area contributed by atoms with E-state index in [1.165, 1.54) is 0 Å². The predicted molar refractivity (Wildman–Crippen MR) is 55.3 cm³/mol. The number of carbonyl (C=O) groups is 1. The maximum atomic E-state index is 11.3. The highest BCUT2D eigenvalue weighted by molar-refractivity contribution is 7.09. The van der Waals surface area contributed by atoms with Gasteiger partial charge in [0.2, 0.25) is 5.91 Å². The van der Waals surface area contributed by atoms with E-state index in [4.69, 9.17) is 5.11 Å². The molecule has 0 saturated heterocycles. The van der Waals surface area contributed by atoms with Gasteiger partial charge < -0.3 is 10.4 Å². The van der Waals surface area contributed by atoms with E-state index in [9.17, 15) is 4.79 Å². The van der Waals surface area contributed by atoms with Crippen molar-refractivity contribution in [2.75, 3.05) is 13.2 Å². The average molecular weight is 214 g/mol. The summed E-state index contributed by atoms with van der Waals surface area (Å²) in [6, 6.07) is 0. The van der Waals surface area contributed by atoms with Crippen molar-refractivity contribution in [1.29, 1.82) is 0 Å². The molecule has 0 radical (unpaired) electrons. The quantitative estimate of drug-likeness (QED) is 0.701. The summed E-state index contributed by atoms with van der Waals surface area (Å²) >= 11 is 1.54. The Balaban J connectivity index is 2.27. The smallest absolute Gasteiger partial charge is 0.226 e. The molecule has 14 heavy (non-hydrogen) atoms. The summed E-state index contributed by atoms with van der Waals surface area (Å²) in [4.78, 5) is 15.5. The van der Waals surface area contributed by atoms with Crippen molar-refractivity contribution in [3.8, 4) is 0 Å². The molecule has 1 aromatic heterocycles. The van der Waals surface area contributed by atoms with Crippen LogP contribution >= 0.6 is 11.3 Å². The highest BCUT2D eigenvalue weighted by Crippen LogP contribution is 2.07. The van der Waals surface area contributed by atoms with E-state index in [0.29, 0.717) is 19.4 Å². The first-order valence-electron chi connectivity index (χ1n) is 4.51. The molecule has 0 saturated carbocycles. The summed E-state index contributed by atoms with van der Waals surface area (Å²) in [5, 5.41) is 14.1. The molecule has 0 spiro atoms. The van der Waals surface area contributed by atoms with Crippen molar-refractivity contribution in [3.05, 3.63) is 16.1 Å². The summed E-state index contributed by atoms with van der Waals surface area (Å²) in [5.74, 6) is -0.0382. The molecule has 1 aromatic rings. The molecule has 0 atom stereocenters. The molecule has 0 aromatic carbocycles. The molecule has 0 aliphatic carbocycles. The second-order valence-corrected chi connectivity index (χ2v) is 4.02. The van der Waals surface area contributed by atoms with Gasteiger partial charge in [0.1, 0.15) is 0 Å². The zero-order valence-corrected chi connectivity index (χ0v) is 8.93. The lowest BCUT2D eigenvalue weighted by atomic mass is 10.3. The highest BCUT2D eigenvalue weighted by atomic mass is 32.1. The van der Waals surface area contributed by atoms with Gasteiger partial charge in [-0.3, -0.25) is 4.79 Å². The van der Waals surface area contributed by atoms with Gasteiger partial charge in [-0.25, -0.2) is 4.98 Å². The predicted octanol–water partition coefficient (Wildman–Crippen LogP) is 0.493. The summed E-state index contributed by atoms with van der Waals surface area (Å²) in [6.45, 7) is 2.55. The van der Waals surface area contributed by atoms with Crippen LogP contribution in [-0.2, 0) is 11.2 Å². The molecular weight excluding hydrogens is 200 g/mol. The van der Waals surface area contributed by atoms with Gasteiger partial charge in [-0.05, 0) is 13.3 Å². The number of hydrogen-bond acceptors (Lipinski definition) is 4. The lowest BCUT2D eigenvalue weighted by molar-refractivity contribution is -0.120. The summed E-state index contributed by atoms with van der Waals surface area (Å²) < 4.78 is 0. The normalized spacial score (nSPS) is 10.1. The number of aryl methyl sites for hydroxylation is 1. The molecule has 0 aliphatic rings. The van der Waals surface area contributed by atoms with Crippen LogP contribution in [0, 0.1) is 6.92 Å². The minimum Gasteiger partial charge on any atom is -0.396 e. The van der Waals surface area contributed by atoms with Crippen molar-refractivity contribution in [2.45, 2.75) is 19.8 Å². The van der Waals surface area contributed by atoms with Crippen molar-refractivity contribution in [1.82, 2.24) is 10.3 Å². The fourth-order valence-corrected chi connectivity index (χ4v) is 1.64. The van der Waals surface area contributed by atoms with E-state index >= 15 is 0 Å². The Morgan fingerprint density at radius 3 is 3.07 bits per heavy atom. The Bertz CT molecular complexity index is 299. The van der Waals surface area contributed by atoms with Crippen LogP contribution < -0.4 is 5.32 Å². The topological polar surface area (TPSA) is 62.2 Å². The zero-order valence-electron chi connectivity index (χ0n) is 8.12. The van der Waals surface area contributed by atoms with E-state index < -0.39 is 0 Å². The van der Waals surface area contributed by atoms with Gasteiger partial charge in [-0.15, -0.1) is 11.3 Å². The molecule has 1 heterocycles. The fraction of sp³-hybridized carbons (Fsp3) is 0.556. The van der Waals surface area contributed by atoms with Gasteiger partial charge in [0, 0.05) is 18.5 Å². The lowest BCUT2D eigenvalue weighted by Gasteiger charge is -2.01. The lowest BCUT2D eigenvalue weighted by Crippen LogP contribution is -2.26. The van der Waals surface area contributed by atoms with Gasteiger partial charge in [0.05, 0.1) is 17.1 Å². The summed E-state index contributed by atoms with van der Waals surface area (Å²) in [5.41, 5.74) is 0.814. The first-order valence-corrected chi connectivity index (χ1v) is 5.39. The first-order chi connectivity index (χ1) is 6.72. The summed E-state index contributed by atoms with van der Waals surface area (Å²) in [7, 11) is 0. The second kappa shape index (κ2) is 5.72. The standard InChI is InChI=1S/C9H14N2O2S/c1-7-11-8(6-14-7)5-9(13)10-3-2-4-12/h6,12H,2-5H2,1H3,(H,10,13). The molecule has 0 aliphatic heterocycles. The number of aromatic nitrogens is 1. The Morgan fingerprint density at radius 2 is 2.50 bits per heavy atom. The van der Waals surface area contributed by atoms with Crippen LogP contribution in [-0.4, -0.2) is 29.1 Å². The molecule has 5 heteroatoms. The molecule has 1 rings (SSSR count). The molecule has 0 fully saturated rings. The molecule has 2 N–H and O–H groups in total. The molecule has 1 amide bonds. The third-order valence-electron chi connectivity index (χ3n) is 1.67. The number of amides is 1. The summed E-state index contributed by atoms with van der Waals surface area (Å²) in [6.07, 6.45) is 0.928. The minimum atomic E-state index is -0.0382. The second-order valence-electron chi connectivity index (χ2n) is 2.96. The number of carbonyl (C=O) groups excluding carboxylic acids is 1. The number of nitrogens with zero attached hydrogens (tertiary/aromatic N) is 1. The minimum absolute atomic E-state index is 0.0382. The Labute approximate surface area is 87.0 Å². The number of hydrogen-bond donors (Lipinski definition) is 2. The Kier molecular flexibility index (Phi) is 4.55. The van der Waals surface area contributed by atoms with Crippen LogP contribution in [0.2, 0.25) is 0 Å². The number of aliphatic hydroxyl groups excluding tert-OH is 1. The van der Waals surface area contributed by atoms with Crippen molar-refractivity contribution in [3.63, 3.8) is 0 Å². The van der Waals surface area contributed by atoms with Gasteiger partial charge >= 0.3 is 0 Å². The van der Waals surface area contributed by atoms with Gasteiger partial charge in [-0.1, -0.05) is 0 Å². The number of nitrogens with one attached hydrogen (secondary N) is 1. The third kappa shape index (κ3) is 3.85. The van der Waals surface area contributed by atoms with Gasteiger partial charge in [0.25, 0.3) is 0 Å². The van der Waals surface area contributed by atoms with Crippen LogP contribution in [0.25, 0.3) is 0 Å². The SMILES string of the molecule is Cc1nc(CC(=O)NCCCO)cs1. The van der Waals surface area contributed by atoms with Crippen LogP contribution in [0.1, 0.15) is 17.1 Å². The van der Waals surface area contributed by atoms with Crippen LogP contribution in [0.4, 0.5) is 0 Å². The maximum absolute atomic E-state index is 11.3. The van der Waals surface area contributed by atoms with E-state index in [2.05, 4.69) is 10.3 Å². The number of thiazole rings is 1. The van der Waals surface area contributed by atoms with E-state index in [0.717, 1.165) is 10.7 Å². The Morgan fingerprint density at radius 1 is 1.71 bits per heavy atom. The molecular formula is C9H14N2O2S. The molecule has 0 bridgehead atoms.